The lowest BCUT2D eigenvalue weighted by atomic mass is 10.3. The molecule has 0 N–H and O–H groups in total. The summed E-state index contributed by atoms with van der Waals surface area (Å²) in [6.07, 6.45) is 1.81. The van der Waals surface area contributed by atoms with E-state index in [9.17, 15) is 0 Å². The summed E-state index contributed by atoms with van der Waals surface area (Å²) < 4.78 is 0. The van der Waals surface area contributed by atoms with Crippen LogP contribution in [0.5, 0.6) is 0 Å². The number of likely N-dealkylation sites (N-methyl/N-ethyl adjacent to an activating group) is 1. The van der Waals surface area contributed by atoms with Crippen molar-refractivity contribution in [1.29, 1.82) is 0 Å². The Bertz CT molecular complexity index is 624. The minimum atomic E-state index is 0.512. The van der Waals surface area contributed by atoms with Crippen molar-refractivity contribution in [3.05, 3.63) is 28.4 Å². The number of fused-ring (bicyclic) bond motifs is 1. The number of benzene rings is 1. The molecule has 1 aliphatic heterocycles. The number of hydrogen-bond donors (Lipinski definition) is 0. The van der Waals surface area contributed by atoms with E-state index in [0.29, 0.717) is 10.0 Å². The fraction of sp³-hybridized carbons (Fsp3) is 0.429. The van der Waals surface area contributed by atoms with Crippen LogP contribution in [0.25, 0.3) is 11.0 Å². The molecule has 106 valence electrons. The number of rotatable bonds is 2. The molecule has 2 heterocycles. The van der Waals surface area contributed by atoms with Crippen molar-refractivity contribution in [3.63, 3.8) is 0 Å². The molecule has 20 heavy (non-hydrogen) atoms. The van der Waals surface area contributed by atoms with Gasteiger partial charge in [0.2, 0.25) is 0 Å². The average molecular weight is 311 g/mol. The summed E-state index contributed by atoms with van der Waals surface area (Å²) >= 11 is 12.0. The second kappa shape index (κ2) is 5.72. The lowest BCUT2D eigenvalue weighted by molar-refractivity contribution is 0.270. The van der Waals surface area contributed by atoms with Gasteiger partial charge < -0.3 is 9.80 Å². The molecule has 1 aliphatic rings. The SMILES string of the molecule is CCN1CCN(c2cnc3cc(Cl)c(Cl)cc3n2)CC1. The first-order chi connectivity index (χ1) is 9.67. The molecule has 0 radical (unpaired) electrons. The van der Waals surface area contributed by atoms with Crippen LogP contribution in [0.2, 0.25) is 10.0 Å². The number of anilines is 1. The van der Waals surface area contributed by atoms with E-state index in [4.69, 9.17) is 23.2 Å². The van der Waals surface area contributed by atoms with Crippen LogP contribution >= 0.6 is 23.2 Å². The second-order valence-electron chi connectivity index (χ2n) is 4.90. The fourth-order valence-electron chi connectivity index (χ4n) is 2.44. The fourth-order valence-corrected chi connectivity index (χ4v) is 2.76. The normalized spacial score (nSPS) is 16.9. The van der Waals surface area contributed by atoms with Crippen molar-refractivity contribution < 1.29 is 0 Å². The van der Waals surface area contributed by atoms with Gasteiger partial charge in [-0.3, -0.25) is 4.98 Å². The Hall–Kier alpha value is -1.10. The third kappa shape index (κ3) is 2.68. The molecule has 1 aromatic carbocycles. The molecular weight excluding hydrogens is 295 g/mol. The number of aromatic nitrogens is 2. The lowest BCUT2D eigenvalue weighted by Gasteiger charge is -2.34. The Labute approximate surface area is 128 Å². The highest BCUT2D eigenvalue weighted by Gasteiger charge is 2.17. The lowest BCUT2D eigenvalue weighted by Crippen LogP contribution is -2.46. The Kier molecular flexibility index (Phi) is 3.96. The summed E-state index contributed by atoms with van der Waals surface area (Å²) in [5.41, 5.74) is 1.56. The molecule has 0 spiro atoms. The second-order valence-corrected chi connectivity index (χ2v) is 5.72. The molecule has 0 amide bonds. The van der Waals surface area contributed by atoms with Gasteiger partial charge in [-0.05, 0) is 18.7 Å². The smallest absolute Gasteiger partial charge is 0.147 e. The Morgan fingerprint density at radius 3 is 2.35 bits per heavy atom. The van der Waals surface area contributed by atoms with E-state index in [1.54, 1.807) is 12.1 Å². The molecule has 0 bridgehead atoms. The summed E-state index contributed by atoms with van der Waals surface area (Å²) in [6, 6.07) is 3.53. The van der Waals surface area contributed by atoms with Crippen molar-refractivity contribution in [2.24, 2.45) is 0 Å². The zero-order valence-corrected chi connectivity index (χ0v) is 12.8. The first-order valence-corrected chi connectivity index (χ1v) is 7.52. The van der Waals surface area contributed by atoms with Crippen LogP contribution in [0.4, 0.5) is 5.82 Å². The Morgan fingerprint density at radius 2 is 1.70 bits per heavy atom. The molecule has 0 unspecified atom stereocenters. The van der Waals surface area contributed by atoms with Crippen molar-refractivity contribution in [2.45, 2.75) is 6.92 Å². The molecule has 3 rings (SSSR count). The number of piperazine rings is 1. The van der Waals surface area contributed by atoms with Crippen LogP contribution in [0.1, 0.15) is 6.92 Å². The van der Waals surface area contributed by atoms with Gasteiger partial charge in [0.05, 0.1) is 27.3 Å². The van der Waals surface area contributed by atoms with Gasteiger partial charge >= 0.3 is 0 Å². The summed E-state index contributed by atoms with van der Waals surface area (Å²) in [5, 5.41) is 1.03. The maximum absolute atomic E-state index is 6.04. The number of halogens is 2. The van der Waals surface area contributed by atoms with Gasteiger partial charge in [0.15, 0.2) is 0 Å². The quantitative estimate of drug-likeness (QED) is 0.853. The molecular formula is C14H16Cl2N4. The van der Waals surface area contributed by atoms with Crippen molar-refractivity contribution in [1.82, 2.24) is 14.9 Å². The van der Waals surface area contributed by atoms with Gasteiger partial charge in [-0.25, -0.2) is 4.98 Å². The Balaban J connectivity index is 1.88. The topological polar surface area (TPSA) is 32.3 Å². The maximum Gasteiger partial charge on any atom is 0.147 e. The van der Waals surface area contributed by atoms with Gasteiger partial charge in [0.1, 0.15) is 5.82 Å². The van der Waals surface area contributed by atoms with Crippen LogP contribution in [-0.4, -0.2) is 47.6 Å². The van der Waals surface area contributed by atoms with Gasteiger partial charge in [-0.2, -0.15) is 0 Å². The molecule has 2 aromatic rings. The predicted octanol–water partition coefficient (Wildman–Crippen LogP) is 3.08. The van der Waals surface area contributed by atoms with Gasteiger partial charge in [0.25, 0.3) is 0 Å². The zero-order valence-electron chi connectivity index (χ0n) is 11.3. The average Bonchev–Trinajstić information content (AvgIpc) is 2.48. The Morgan fingerprint density at radius 1 is 1.05 bits per heavy atom. The van der Waals surface area contributed by atoms with Gasteiger partial charge in [0, 0.05) is 26.2 Å². The van der Waals surface area contributed by atoms with E-state index >= 15 is 0 Å². The maximum atomic E-state index is 6.04. The first kappa shape index (κ1) is 13.9. The summed E-state index contributed by atoms with van der Waals surface area (Å²) in [7, 11) is 0. The molecule has 0 atom stereocenters. The standard InChI is InChI=1S/C14H16Cl2N4/c1-2-19-3-5-20(6-4-19)14-9-17-12-7-10(15)11(16)8-13(12)18-14/h7-9H,2-6H2,1H3. The molecule has 0 saturated carbocycles. The third-order valence-electron chi connectivity index (χ3n) is 3.72. The van der Waals surface area contributed by atoms with E-state index < -0.39 is 0 Å². The van der Waals surface area contributed by atoms with E-state index in [0.717, 1.165) is 49.6 Å². The highest BCUT2D eigenvalue weighted by molar-refractivity contribution is 6.42. The van der Waals surface area contributed by atoms with E-state index in [2.05, 4.69) is 26.7 Å². The first-order valence-electron chi connectivity index (χ1n) is 6.76. The monoisotopic (exact) mass is 310 g/mol. The molecule has 4 nitrogen and oxygen atoms in total. The van der Waals surface area contributed by atoms with Gasteiger partial charge in [-0.1, -0.05) is 30.1 Å². The molecule has 1 aromatic heterocycles. The summed E-state index contributed by atoms with van der Waals surface area (Å²) in [6.45, 7) is 7.39. The zero-order chi connectivity index (χ0) is 14.1. The highest BCUT2D eigenvalue weighted by atomic mass is 35.5. The van der Waals surface area contributed by atoms with Crippen LogP contribution in [0.3, 0.4) is 0 Å². The summed E-state index contributed by atoms with van der Waals surface area (Å²) in [5.74, 6) is 0.909. The molecule has 0 aliphatic carbocycles. The van der Waals surface area contributed by atoms with Crippen molar-refractivity contribution >= 4 is 40.1 Å². The molecule has 1 fully saturated rings. The number of hydrogen-bond acceptors (Lipinski definition) is 4. The minimum Gasteiger partial charge on any atom is -0.353 e. The van der Waals surface area contributed by atoms with Crippen molar-refractivity contribution in [2.75, 3.05) is 37.6 Å². The van der Waals surface area contributed by atoms with Crippen LogP contribution in [-0.2, 0) is 0 Å². The third-order valence-corrected chi connectivity index (χ3v) is 4.44. The summed E-state index contributed by atoms with van der Waals surface area (Å²) in [4.78, 5) is 13.8. The number of nitrogens with zero attached hydrogens (tertiary/aromatic N) is 4. The van der Waals surface area contributed by atoms with E-state index in [-0.39, 0.29) is 0 Å². The molecule has 1 saturated heterocycles. The highest BCUT2D eigenvalue weighted by Crippen LogP contribution is 2.27. The van der Waals surface area contributed by atoms with Crippen LogP contribution in [0.15, 0.2) is 18.3 Å². The largest absolute Gasteiger partial charge is 0.353 e. The van der Waals surface area contributed by atoms with E-state index in [1.165, 1.54) is 0 Å². The van der Waals surface area contributed by atoms with Crippen LogP contribution in [0, 0.1) is 0 Å². The van der Waals surface area contributed by atoms with E-state index in [1.807, 2.05) is 6.20 Å². The van der Waals surface area contributed by atoms with Crippen LogP contribution < -0.4 is 4.90 Å². The minimum absolute atomic E-state index is 0.512. The van der Waals surface area contributed by atoms with Gasteiger partial charge in [-0.15, -0.1) is 0 Å². The molecule has 6 heteroatoms. The van der Waals surface area contributed by atoms with Crippen molar-refractivity contribution in [3.8, 4) is 0 Å². The predicted molar refractivity (Wildman–Crippen MR) is 83.9 cm³/mol.